The molecule has 0 aromatic heterocycles. The van der Waals surface area contributed by atoms with Gasteiger partial charge in [0.2, 0.25) is 5.91 Å². The zero-order chi connectivity index (χ0) is 20.7. The van der Waals surface area contributed by atoms with Crippen LogP contribution in [0.25, 0.3) is 0 Å². The summed E-state index contributed by atoms with van der Waals surface area (Å²) in [5, 5.41) is 3.10. The van der Waals surface area contributed by atoms with E-state index in [-0.39, 0.29) is 29.8 Å². The molecule has 1 aliphatic heterocycles. The van der Waals surface area contributed by atoms with Gasteiger partial charge in [-0.1, -0.05) is 12.1 Å². The van der Waals surface area contributed by atoms with Crippen molar-refractivity contribution in [1.82, 2.24) is 10.2 Å². The Labute approximate surface area is 175 Å². The molecule has 1 unspecified atom stereocenters. The first-order valence-corrected chi connectivity index (χ1v) is 10.4. The molecule has 1 aromatic carbocycles. The number of amides is 2. The molecular formula is C21H29BrN2O4. The molecule has 154 valence electrons. The lowest BCUT2D eigenvalue weighted by molar-refractivity contribution is -0.125. The minimum atomic E-state index is -0.502. The highest BCUT2D eigenvalue weighted by atomic mass is 79.9. The third-order valence-electron chi connectivity index (χ3n) is 5.04. The summed E-state index contributed by atoms with van der Waals surface area (Å²) >= 11 is 3.46. The van der Waals surface area contributed by atoms with Crippen molar-refractivity contribution < 1.29 is 19.1 Å². The van der Waals surface area contributed by atoms with E-state index in [1.807, 2.05) is 58.9 Å². The molecule has 28 heavy (non-hydrogen) atoms. The number of hydrogen-bond donors (Lipinski definition) is 1. The summed E-state index contributed by atoms with van der Waals surface area (Å²) in [6, 6.07) is 7.64. The van der Waals surface area contributed by atoms with Crippen LogP contribution in [0.3, 0.4) is 0 Å². The third kappa shape index (κ3) is 4.99. The Bertz CT molecular complexity index is 747. The van der Waals surface area contributed by atoms with Gasteiger partial charge >= 0.3 is 6.09 Å². The molecule has 0 radical (unpaired) electrons. The van der Waals surface area contributed by atoms with Crippen LogP contribution in [0.15, 0.2) is 28.7 Å². The molecule has 2 aliphatic rings. The Kier molecular flexibility index (Phi) is 5.67. The number of hydrogen-bond acceptors (Lipinski definition) is 4. The third-order valence-corrected chi connectivity index (χ3v) is 5.69. The van der Waals surface area contributed by atoms with Crippen LogP contribution in [-0.4, -0.2) is 47.7 Å². The lowest BCUT2D eigenvalue weighted by Gasteiger charge is -2.28. The van der Waals surface area contributed by atoms with Crippen molar-refractivity contribution in [3.05, 3.63) is 28.7 Å². The van der Waals surface area contributed by atoms with E-state index in [0.29, 0.717) is 19.7 Å². The zero-order valence-electron chi connectivity index (χ0n) is 17.1. The first kappa shape index (κ1) is 21.0. The Hall–Kier alpha value is -1.76. The van der Waals surface area contributed by atoms with Gasteiger partial charge in [0.15, 0.2) is 0 Å². The first-order chi connectivity index (χ1) is 13.0. The average Bonchev–Trinajstić information content (AvgIpc) is 3.07. The zero-order valence-corrected chi connectivity index (χ0v) is 18.7. The van der Waals surface area contributed by atoms with E-state index in [9.17, 15) is 9.59 Å². The Morgan fingerprint density at radius 3 is 2.32 bits per heavy atom. The number of fused-ring (bicyclic) bond motifs is 1. The fourth-order valence-electron chi connectivity index (χ4n) is 3.66. The molecular weight excluding hydrogens is 424 g/mol. The van der Waals surface area contributed by atoms with Crippen molar-refractivity contribution in [3.8, 4) is 5.75 Å². The van der Waals surface area contributed by atoms with Crippen LogP contribution in [0.1, 0.15) is 34.6 Å². The standard InChI is InChI=1S/C21H29BrN2O4/c1-20(2,3)28-19(26)24-10-13-14(11-24)17(13)18(25)23-21(4,5)12-27-16-9-7-6-8-15(16)22/h6-9,13-14,17H,10-12H2,1-5H3,(H,23,25)/t13-,14+,17?. The summed E-state index contributed by atoms with van der Waals surface area (Å²) in [7, 11) is 0. The number of rotatable bonds is 5. The number of para-hydroxylation sites is 1. The lowest BCUT2D eigenvalue weighted by Crippen LogP contribution is -2.49. The van der Waals surface area contributed by atoms with Gasteiger partial charge in [0.05, 0.1) is 10.0 Å². The molecule has 6 nitrogen and oxygen atoms in total. The predicted molar refractivity (Wildman–Crippen MR) is 110 cm³/mol. The number of ether oxygens (including phenoxy) is 2. The number of nitrogens with one attached hydrogen (secondary N) is 1. The van der Waals surface area contributed by atoms with Crippen LogP contribution in [0.5, 0.6) is 5.75 Å². The monoisotopic (exact) mass is 452 g/mol. The summed E-state index contributed by atoms with van der Waals surface area (Å²) in [6.45, 7) is 11.0. The topological polar surface area (TPSA) is 67.9 Å². The van der Waals surface area contributed by atoms with Crippen molar-refractivity contribution in [3.63, 3.8) is 0 Å². The summed E-state index contributed by atoms with van der Waals surface area (Å²) in [6.07, 6.45) is -0.291. The number of halogens is 1. The van der Waals surface area contributed by atoms with Crippen molar-refractivity contribution >= 4 is 27.9 Å². The largest absolute Gasteiger partial charge is 0.490 e. The highest BCUT2D eigenvalue weighted by Crippen LogP contribution is 2.52. The number of carbonyl (C=O) groups is 2. The van der Waals surface area contributed by atoms with Crippen molar-refractivity contribution in [2.24, 2.45) is 17.8 Å². The number of benzene rings is 1. The summed E-state index contributed by atoms with van der Waals surface area (Å²) in [5.41, 5.74) is -0.994. The van der Waals surface area contributed by atoms with Crippen molar-refractivity contribution in [2.75, 3.05) is 19.7 Å². The SMILES string of the molecule is CC(C)(COc1ccccc1Br)NC(=O)C1[C@H]2CN(C(=O)OC(C)(C)C)C[C@@H]12. The fraction of sp³-hybridized carbons (Fsp3) is 0.619. The molecule has 7 heteroatoms. The molecule has 0 spiro atoms. The van der Waals surface area contributed by atoms with E-state index < -0.39 is 11.1 Å². The van der Waals surface area contributed by atoms with Crippen LogP contribution in [-0.2, 0) is 9.53 Å². The number of piperidine rings is 1. The molecule has 1 saturated carbocycles. The number of nitrogens with zero attached hydrogens (tertiary/aromatic N) is 1. The van der Waals surface area contributed by atoms with E-state index in [0.717, 1.165) is 10.2 Å². The normalized spacial score (nSPS) is 23.8. The predicted octanol–water partition coefficient (Wildman–Crippen LogP) is 3.84. The second-order valence-corrected chi connectivity index (χ2v) is 10.2. The maximum atomic E-state index is 12.7. The van der Waals surface area contributed by atoms with Gasteiger partial charge < -0.3 is 19.7 Å². The highest BCUT2D eigenvalue weighted by Gasteiger charge is 2.61. The van der Waals surface area contributed by atoms with Crippen LogP contribution >= 0.6 is 15.9 Å². The molecule has 3 rings (SSSR count). The van der Waals surface area contributed by atoms with Gasteiger partial charge in [-0.2, -0.15) is 0 Å². The average molecular weight is 453 g/mol. The summed E-state index contributed by atoms with van der Waals surface area (Å²) in [5.74, 6) is 1.22. The first-order valence-electron chi connectivity index (χ1n) is 9.64. The van der Waals surface area contributed by atoms with Gasteiger partial charge in [-0.05, 0) is 74.5 Å². The Balaban J connectivity index is 1.46. The molecule has 1 aliphatic carbocycles. The van der Waals surface area contributed by atoms with E-state index in [2.05, 4.69) is 21.2 Å². The molecule has 3 atom stereocenters. The Morgan fingerprint density at radius 1 is 1.14 bits per heavy atom. The Morgan fingerprint density at radius 2 is 1.75 bits per heavy atom. The fourth-order valence-corrected chi connectivity index (χ4v) is 4.06. The second-order valence-electron chi connectivity index (χ2n) is 9.33. The second kappa shape index (κ2) is 7.58. The van der Waals surface area contributed by atoms with E-state index in [1.54, 1.807) is 4.90 Å². The number of carbonyl (C=O) groups excluding carboxylic acids is 2. The minimum absolute atomic E-state index is 0.0265. The maximum Gasteiger partial charge on any atom is 0.410 e. The van der Waals surface area contributed by atoms with E-state index >= 15 is 0 Å². The van der Waals surface area contributed by atoms with Crippen LogP contribution in [0, 0.1) is 17.8 Å². The van der Waals surface area contributed by atoms with Crippen LogP contribution < -0.4 is 10.1 Å². The smallest absolute Gasteiger partial charge is 0.410 e. The molecule has 1 aromatic rings. The minimum Gasteiger partial charge on any atom is -0.490 e. The molecule has 2 fully saturated rings. The van der Waals surface area contributed by atoms with Crippen molar-refractivity contribution in [2.45, 2.75) is 45.8 Å². The van der Waals surface area contributed by atoms with E-state index in [1.165, 1.54) is 0 Å². The molecule has 1 saturated heterocycles. The van der Waals surface area contributed by atoms with E-state index in [4.69, 9.17) is 9.47 Å². The molecule has 2 amide bonds. The molecule has 0 bridgehead atoms. The summed E-state index contributed by atoms with van der Waals surface area (Å²) < 4.78 is 12.2. The summed E-state index contributed by atoms with van der Waals surface area (Å²) in [4.78, 5) is 26.6. The van der Waals surface area contributed by atoms with Crippen molar-refractivity contribution in [1.29, 1.82) is 0 Å². The van der Waals surface area contributed by atoms with Gasteiger partial charge in [-0.25, -0.2) is 4.79 Å². The number of likely N-dealkylation sites (tertiary alicyclic amines) is 1. The van der Waals surface area contributed by atoms with Crippen LogP contribution in [0.4, 0.5) is 4.79 Å². The van der Waals surface area contributed by atoms with Gasteiger partial charge in [0, 0.05) is 19.0 Å². The lowest BCUT2D eigenvalue weighted by atomic mass is 10.1. The quantitative estimate of drug-likeness (QED) is 0.736. The van der Waals surface area contributed by atoms with Gasteiger partial charge in [0.1, 0.15) is 18.0 Å². The molecule has 1 N–H and O–H groups in total. The molecule has 1 heterocycles. The van der Waals surface area contributed by atoms with Gasteiger partial charge in [-0.3, -0.25) is 4.79 Å². The van der Waals surface area contributed by atoms with Crippen LogP contribution in [0.2, 0.25) is 0 Å². The highest BCUT2D eigenvalue weighted by molar-refractivity contribution is 9.10. The maximum absolute atomic E-state index is 12.7. The van der Waals surface area contributed by atoms with Gasteiger partial charge in [0.25, 0.3) is 0 Å². The van der Waals surface area contributed by atoms with Gasteiger partial charge in [-0.15, -0.1) is 0 Å².